The summed E-state index contributed by atoms with van der Waals surface area (Å²) < 4.78 is 5.47. The van der Waals surface area contributed by atoms with Gasteiger partial charge < -0.3 is 25.4 Å². The molecule has 2 unspecified atom stereocenters. The second-order valence-electron chi connectivity index (χ2n) is 10.9. The summed E-state index contributed by atoms with van der Waals surface area (Å²) in [5.41, 5.74) is 1.70. The van der Waals surface area contributed by atoms with Gasteiger partial charge in [0.05, 0.1) is 0 Å². The molecular formula is C30H41N3O5. The fraction of sp³-hybridized carbons (Fsp3) is 0.500. The highest BCUT2D eigenvalue weighted by Gasteiger charge is 2.44. The van der Waals surface area contributed by atoms with Crippen molar-refractivity contribution in [2.75, 3.05) is 6.54 Å². The summed E-state index contributed by atoms with van der Waals surface area (Å²) in [6, 6.07) is 12.2. The molecule has 8 nitrogen and oxygen atoms in total. The molecule has 0 spiro atoms. The number of aromatic hydroxyl groups is 1. The fourth-order valence-electron chi connectivity index (χ4n) is 4.36. The van der Waals surface area contributed by atoms with Gasteiger partial charge in [0.2, 0.25) is 11.8 Å². The number of nitrogens with zero attached hydrogens (tertiary/aromatic N) is 1. The van der Waals surface area contributed by atoms with Crippen LogP contribution >= 0.6 is 0 Å². The van der Waals surface area contributed by atoms with Crippen LogP contribution in [-0.4, -0.2) is 52.1 Å². The highest BCUT2D eigenvalue weighted by molar-refractivity contribution is 5.93. The van der Waals surface area contributed by atoms with Crippen LogP contribution in [0.15, 0.2) is 48.5 Å². The van der Waals surface area contributed by atoms with Crippen LogP contribution in [0.4, 0.5) is 4.79 Å². The first-order valence-electron chi connectivity index (χ1n) is 13.4. The maximum Gasteiger partial charge on any atom is 0.408 e. The zero-order valence-corrected chi connectivity index (χ0v) is 23.1. The molecule has 206 valence electrons. The largest absolute Gasteiger partial charge is 0.508 e. The molecule has 3 amide bonds. The van der Waals surface area contributed by atoms with Crippen LogP contribution in [0.2, 0.25) is 0 Å². The van der Waals surface area contributed by atoms with E-state index in [-0.39, 0.29) is 30.0 Å². The van der Waals surface area contributed by atoms with Gasteiger partial charge in [0.1, 0.15) is 23.4 Å². The Hall–Kier alpha value is -3.55. The second kappa shape index (κ2) is 12.8. The number of benzene rings is 2. The topological polar surface area (TPSA) is 108 Å². The number of nitrogens with one attached hydrogen (secondary N) is 2. The maximum absolute atomic E-state index is 14.3. The van der Waals surface area contributed by atoms with E-state index in [0.717, 1.165) is 42.4 Å². The van der Waals surface area contributed by atoms with Gasteiger partial charge in [-0.05, 0) is 75.8 Å². The van der Waals surface area contributed by atoms with Crippen LogP contribution in [0.3, 0.4) is 0 Å². The molecule has 2 atom stereocenters. The van der Waals surface area contributed by atoms with E-state index in [1.807, 2.05) is 31.2 Å². The van der Waals surface area contributed by atoms with E-state index < -0.39 is 23.8 Å². The minimum absolute atomic E-state index is 0.105. The third-order valence-electron chi connectivity index (χ3n) is 6.40. The molecule has 1 aliphatic carbocycles. The first kappa shape index (κ1) is 29.0. The summed E-state index contributed by atoms with van der Waals surface area (Å²) in [5.74, 6) is -0.460. The lowest BCUT2D eigenvalue weighted by atomic mass is 9.97. The monoisotopic (exact) mass is 523 g/mol. The van der Waals surface area contributed by atoms with Crippen molar-refractivity contribution in [3.05, 3.63) is 65.2 Å². The molecule has 3 N–H and O–H groups in total. The van der Waals surface area contributed by atoms with Crippen molar-refractivity contribution in [1.29, 1.82) is 0 Å². The molecule has 3 rings (SSSR count). The normalized spacial score (nSPS) is 14.8. The van der Waals surface area contributed by atoms with Gasteiger partial charge in [-0.3, -0.25) is 9.59 Å². The average molecular weight is 524 g/mol. The Kier molecular flexibility index (Phi) is 9.78. The Bertz CT molecular complexity index is 1110. The van der Waals surface area contributed by atoms with E-state index >= 15 is 0 Å². The average Bonchev–Trinajstić information content (AvgIpc) is 3.68. The third-order valence-corrected chi connectivity index (χ3v) is 6.40. The number of unbranched alkanes of at least 4 members (excludes halogenated alkanes) is 1. The number of hydrogen-bond donors (Lipinski definition) is 3. The SMILES string of the molecule is CCCCNC(=O)C(c1ccccc1C)N(C(=O)C(Cc1ccc(O)cc1)NC(=O)OC(C)(C)C)C1CC1. The van der Waals surface area contributed by atoms with E-state index in [9.17, 15) is 19.5 Å². The molecule has 0 aliphatic heterocycles. The maximum atomic E-state index is 14.3. The molecule has 2 aromatic carbocycles. The van der Waals surface area contributed by atoms with Crippen LogP contribution < -0.4 is 10.6 Å². The quantitative estimate of drug-likeness (QED) is 0.367. The Morgan fingerprint density at radius 2 is 1.74 bits per heavy atom. The standard InChI is InChI=1S/C30H41N3O5/c1-6-7-18-31-27(35)26(24-11-9-8-10-20(24)2)33(22-14-15-22)28(36)25(32-29(37)38-30(3,4)5)19-21-12-16-23(34)17-13-21/h8-13,16-17,22,25-26,34H,6-7,14-15,18-19H2,1-5H3,(H,31,35)(H,32,37). The van der Waals surface area contributed by atoms with Gasteiger partial charge in [-0.1, -0.05) is 49.7 Å². The number of hydrogen-bond acceptors (Lipinski definition) is 5. The number of aryl methyl sites for hydroxylation is 1. The summed E-state index contributed by atoms with van der Waals surface area (Å²) >= 11 is 0. The lowest BCUT2D eigenvalue weighted by molar-refractivity contribution is -0.143. The van der Waals surface area contributed by atoms with E-state index in [4.69, 9.17) is 4.74 Å². The molecule has 38 heavy (non-hydrogen) atoms. The van der Waals surface area contributed by atoms with Gasteiger partial charge in [0, 0.05) is 19.0 Å². The summed E-state index contributed by atoms with van der Waals surface area (Å²) in [5, 5.41) is 15.5. The number of alkyl carbamates (subject to hydrolysis) is 1. The summed E-state index contributed by atoms with van der Waals surface area (Å²) in [6.45, 7) is 9.79. The van der Waals surface area contributed by atoms with Crippen molar-refractivity contribution in [3.63, 3.8) is 0 Å². The lowest BCUT2D eigenvalue weighted by Gasteiger charge is -2.35. The van der Waals surface area contributed by atoms with Crippen LogP contribution in [0.5, 0.6) is 5.75 Å². The number of ether oxygens (including phenoxy) is 1. The number of rotatable bonds is 11. The Labute approximate surface area is 225 Å². The highest BCUT2D eigenvalue weighted by atomic mass is 16.6. The van der Waals surface area contributed by atoms with Gasteiger partial charge in [-0.25, -0.2) is 4.79 Å². The molecular weight excluding hydrogens is 482 g/mol. The molecule has 0 saturated heterocycles. The number of phenols is 1. The number of phenolic OH excluding ortho intramolecular Hbond substituents is 1. The zero-order valence-electron chi connectivity index (χ0n) is 23.1. The Morgan fingerprint density at radius 1 is 1.08 bits per heavy atom. The molecule has 1 aliphatic rings. The van der Waals surface area contributed by atoms with Gasteiger partial charge in [0.15, 0.2) is 0 Å². The Morgan fingerprint density at radius 3 is 2.32 bits per heavy atom. The Balaban J connectivity index is 1.99. The minimum atomic E-state index is -0.968. The predicted octanol–water partition coefficient (Wildman–Crippen LogP) is 4.79. The molecule has 0 radical (unpaired) electrons. The van der Waals surface area contributed by atoms with Crippen molar-refractivity contribution in [2.24, 2.45) is 0 Å². The molecule has 8 heteroatoms. The van der Waals surface area contributed by atoms with Gasteiger partial charge in [0.25, 0.3) is 0 Å². The van der Waals surface area contributed by atoms with E-state index in [2.05, 4.69) is 17.6 Å². The molecule has 0 heterocycles. The van der Waals surface area contributed by atoms with E-state index in [0.29, 0.717) is 6.54 Å². The number of amides is 3. The zero-order chi connectivity index (χ0) is 27.9. The first-order chi connectivity index (χ1) is 18.0. The fourth-order valence-corrected chi connectivity index (χ4v) is 4.36. The summed E-state index contributed by atoms with van der Waals surface area (Å²) in [4.78, 5) is 42.4. The minimum Gasteiger partial charge on any atom is -0.508 e. The summed E-state index contributed by atoms with van der Waals surface area (Å²) in [6.07, 6.45) is 2.83. The second-order valence-corrected chi connectivity index (χ2v) is 10.9. The van der Waals surface area contributed by atoms with Crippen LogP contribution in [0.25, 0.3) is 0 Å². The van der Waals surface area contributed by atoms with Crippen molar-refractivity contribution < 1.29 is 24.2 Å². The van der Waals surface area contributed by atoms with Crippen LogP contribution in [0.1, 0.15) is 76.1 Å². The highest BCUT2D eigenvalue weighted by Crippen LogP contribution is 2.36. The van der Waals surface area contributed by atoms with Gasteiger partial charge in [-0.2, -0.15) is 0 Å². The lowest BCUT2D eigenvalue weighted by Crippen LogP contribution is -2.54. The number of carbonyl (C=O) groups is 3. The van der Waals surface area contributed by atoms with Crippen molar-refractivity contribution in [2.45, 2.75) is 90.4 Å². The van der Waals surface area contributed by atoms with E-state index in [1.165, 1.54) is 0 Å². The number of carbonyl (C=O) groups excluding carboxylic acids is 3. The van der Waals surface area contributed by atoms with Crippen molar-refractivity contribution in [3.8, 4) is 5.75 Å². The van der Waals surface area contributed by atoms with Crippen LogP contribution in [0, 0.1) is 6.92 Å². The molecule has 0 bridgehead atoms. The molecule has 2 aromatic rings. The van der Waals surface area contributed by atoms with E-state index in [1.54, 1.807) is 49.9 Å². The van der Waals surface area contributed by atoms with Crippen molar-refractivity contribution >= 4 is 17.9 Å². The third kappa shape index (κ3) is 8.23. The van der Waals surface area contributed by atoms with Gasteiger partial charge >= 0.3 is 6.09 Å². The molecule has 1 fully saturated rings. The first-order valence-corrected chi connectivity index (χ1v) is 13.4. The molecule has 0 aromatic heterocycles. The summed E-state index contributed by atoms with van der Waals surface area (Å²) in [7, 11) is 0. The van der Waals surface area contributed by atoms with Gasteiger partial charge in [-0.15, -0.1) is 0 Å². The molecule has 1 saturated carbocycles. The van der Waals surface area contributed by atoms with Crippen molar-refractivity contribution in [1.82, 2.24) is 15.5 Å². The van der Waals surface area contributed by atoms with Crippen LogP contribution in [-0.2, 0) is 20.7 Å². The smallest absolute Gasteiger partial charge is 0.408 e. The predicted molar refractivity (Wildman–Crippen MR) is 147 cm³/mol.